The third kappa shape index (κ3) is 3.78. The van der Waals surface area contributed by atoms with Gasteiger partial charge in [-0.25, -0.2) is 0 Å². The summed E-state index contributed by atoms with van der Waals surface area (Å²) in [4.78, 5) is 24.0. The van der Waals surface area contributed by atoms with Crippen molar-refractivity contribution < 1.29 is 22.8 Å². The van der Waals surface area contributed by atoms with E-state index in [2.05, 4.69) is 5.32 Å². The zero-order chi connectivity index (χ0) is 16.5. The number of benzene rings is 1. The minimum absolute atomic E-state index is 0.0977. The number of alkyl halides is 3. The fourth-order valence-corrected chi connectivity index (χ4v) is 2.36. The maximum Gasteiger partial charge on any atom is 0.416 e. The summed E-state index contributed by atoms with van der Waals surface area (Å²) in [7, 11) is 1.49. The molecule has 1 N–H and O–H groups in total. The van der Waals surface area contributed by atoms with Crippen LogP contribution < -0.4 is 5.32 Å². The first-order valence-electron chi connectivity index (χ1n) is 6.87. The van der Waals surface area contributed by atoms with E-state index in [1.54, 1.807) is 6.07 Å². The highest BCUT2D eigenvalue weighted by Gasteiger charge is 2.44. The van der Waals surface area contributed by atoms with E-state index in [4.69, 9.17) is 0 Å². The molecule has 1 fully saturated rings. The van der Waals surface area contributed by atoms with E-state index in [0.29, 0.717) is 6.42 Å². The number of rotatable bonds is 4. The largest absolute Gasteiger partial charge is 0.416 e. The smallest absolute Gasteiger partial charge is 0.351 e. The minimum atomic E-state index is -4.40. The number of amides is 2. The van der Waals surface area contributed by atoms with Crippen molar-refractivity contribution in [2.75, 3.05) is 13.6 Å². The lowest BCUT2D eigenvalue weighted by atomic mass is 10.0. The lowest BCUT2D eigenvalue weighted by Crippen LogP contribution is -2.38. The van der Waals surface area contributed by atoms with E-state index in [-0.39, 0.29) is 35.9 Å². The Hall–Kier alpha value is -2.05. The summed E-state index contributed by atoms with van der Waals surface area (Å²) in [5.74, 6) is -0.941. The Labute approximate surface area is 126 Å². The van der Waals surface area contributed by atoms with Crippen molar-refractivity contribution in [3.63, 3.8) is 0 Å². The monoisotopic (exact) mass is 314 g/mol. The van der Waals surface area contributed by atoms with Gasteiger partial charge < -0.3 is 10.2 Å². The molecule has 2 rings (SSSR count). The highest BCUT2D eigenvalue weighted by molar-refractivity contribution is 5.84. The summed E-state index contributed by atoms with van der Waals surface area (Å²) in [5.41, 5.74) is -0.446. The molecule has 7 heteroatoms. The third-order valence-electron chi connectivity index (χ3n) is 3.72. The van der Waals surface area contributed by atoms with Gasteiger partial charge in [0.05, 0.1) is 12.1 Å². The van der Waals surface area contributed by atoms with E-state index in [0.717, 1.165) is 6.07 Å². The second kappa shape index (κ2) is 5.98. The third-order valence-corrected chi connectivity index (χ3v) is 3.72. The van der Waals surface area contributed by atoms with Gasteiger partial charge in [0.1, 0.15) is 0 Å². The maximum absolute atomic E-state index is 13.0. The number of likely N-dealkylation sites (N-methyl/N-ethyl adjacent to an activating group) is 1. The number of carbonyl (C=O) groups excluding carboxylic acids is 2. The number of hydrogen-bond donors (Lipinski definition) is 1. The number of carbonyl (C=O) groups is 2. The molecule has 0 unspecified atom stereocenters. The summed E-state index contributed by atoms with van der Waals surface area (Å²) in [5, 5.41) is 2.67. The summed E-state index contributed by atoms with van der Waals surface area (Å²) >= 11 is 0. The predicted octanol–water partition coefficient (Wildman–Crippen LogP) is 2.16. The van der Waals surface area contributed by atoms with E-state index in [1.807, 2.05) is 0 Å². The quantitative estimate of drug-likeness (QED) is 0.926. The molecular weight excluding hydrogens is 297 g/mol. The summed E-state index contributed by atoms with van der Waals surface area (Å²) in [6.07, 6.45) is -3.93. The molecule has 0 saturated heterocycles. The first-order chi connectivity index (χ1) is 10.2. The Bertz CT molecular complexity index is 586. The molecule has 2 amide bonds. The first kappa shape index (κ1) is 16.3. The molecule has 1 aliphatic rings. The van der Waals surface area contributed by atoms with Crippen LogP contribution in [0.1, 0.15) is 30.4 Å². The Balaban J connectivity index is 1.99. The molecule has 1 aromatic rings. The normalized spacial score (nSPS) is 20.4. The zero-order valence-corrected chi connectivity index (χ0v) is 12.3. The fourth-order valence-electron chi connectivity index (χ4n) is 2.36. The van der Waals surface area contributed by atoms with Crippen LogP contribution in [0.5, 0.6) is 0 Å². The Morgan fingerprint density at radius 1 is 1.32 bits per heavy atom. The van der Waals surface area contributed by atoms with Crippen molar-refractivity contribution in [3.05, 3.63) is 35.4 Å². The van der Waals surface area contributed by atoms with Crippen LogP contribution >= 0.6 is 0 Å². The highest BCUT2D eigenvalue weighted by atomic mass is 19.4. The van der Waals surface area contributed by atoms with Crippen LogP contribution in [0.2, 0.25) is 0 Å². The maximum atomic E-state index is 13.0. The summed E-state index contributed by atoms with van der Waals surface area (Å²) in [6.45, 7) is 1.24. The number of nitrogens with one attached hydrogen (secondary N) is 1. The number of nitrogens with zero attached hydrogens (tertiary/aromatic N) is 1. The van der Waals surface area contributed by atoms with Crippen molar-refractivity contribution in [2.24, 2.45) is 0 Å². The van der Waals surface area contributed by atoms with Crippen LogP contribution in [0.15, 0.2) is 24.3 Å². The van der Waals surface area contributed by atoms with Crippen molar-refractivity contribution >= 4 is 11.8 Å². The van der Waals surface area contributed by atoms with Gasteiger partial charge in [-0.15, -0.1) is 0 Å². The Kier molecular flexibility index (Phi) is 4.44. The number of halogens is 3. The van der Waals surface area contributed by atoms with Crippen LogP contribution in [-0.2, 0) is 15.8 Å². The van der Waals surface area contributed by atoms with Gasteiger partial charge in [-0.3, -0.25) is 9.59 Å². The van der Waals surface area contributed by atoms with Crippen LogP contribution in [0.25, 0.3) is 0 Å². The highest BCUT2D eigenvalue weighted by Crippen LogP contribution is 2.46. The molecule has 0 heterocycles. The average molecular weight is 314 g/mol. The second-order valence-electron chi connectivity index (χ2n) is 5.48. The number of hydrogen-bond acceptors (Lipinski definition) is 2. The molecule has 1 saturated carbocycles. The van der Waals surface area contributed by atoms with Crippen molar-refractivity contribution in [2.45, 2.75) is 31.5 Å². The average Bonchev–Trinajstić information content (AvgIpc) is 3.16. The molecule has 0 bridgehead atoms. The SMILES string of the molecule is CC(=O)N(C)CC(=O)N[C@H]1C[C@H]1c1ccccc1C(F)(F)F. The first-order valence-corrected chi connectivity index (χ1v) is 6.87. The van der Waals surface area contributed by atoms with E-state index < -0.39 is 11.7 Å². The topological polar surface area (TPSA) is 49.4 Å². The Morgan fingerprint density at radius 2 is 1.95 bits per heavy atom. The molecule has 4 nitrogen and oxygen atoms in total. The molecular formula is C15H17F3N2O2. The fraction of sp³-hybridized carbons (Fsp3) is 0.467. The van der Waals surface area contributed by atoms with E-state index in [1.165, 1.54) is 31.0 Å². The van der Waals surface area contributed by atoms with Gasteiger partial charge in [-0.2, -0.15) is 13.2 Å². The summed E-state index contributed by atoms with van der Waals surface area (Å²) < 4.78 is 38.9. The van der Waals surface area contributed by atoms with Crippen LogP contribution in [0, 0.1) is 0 Å². The van der Waals surface area contributed by atoms with Gasteiger partial charge in [0.25, 0.3) is 0 Å². The van der Waals surface area contributed by atoms with Gasteiger partial charge in [-0.05, 0) is 18.1 Å². The van der Waals surface area contributed by atoms with E-state index >= 15 is 0 Å². The van der Waals surface area contributed by atoms with Gasteiger partial charge in [0.2, 0.25) is 11.8 Å². The van der Waals surface area contributed by atoms with Gasteiger partial charge >= 0.3 is 6.18 Å². The lowest BCUT2D eigenvalue weighted by Gasteiger charge is -2.15. The van der Waals surface area contributed by atoms with Gasteiger partial charge in [-0.1, -0.05) is 18.2 Å². The lowest BCUT2D eigenvalue weighted by molar-refractivity contribution is -0.138. The predicted molar refractivity (Wildman–Crippen MR) is 74.0 cm³/mol. The van der Waals surface area contributed by atoms with Crippen LogP contribution in [0.4, 0.5) is 13.2 Å². The van der Waals surface area contributed by atoms with E-state index in [9.17, 15) is 22.8 Å². The standard InChI is InChI=1S/C15H17F3N2O2/c1-9(21)20(2)8-14(22)19-13-7-11(13)10-5-3-4-6-12(10)15(16,17)18/h3-6,11,13H,7-8H2,1-2H3,(H,19,22)/t11-,13-/m0/s1. The van der Waals surface area contributed by atoms with Gasteiger partial charge in [0, 0.05) is 25.9 Å². The minimum Gasteiger partial charge on any atom is -0.351 e. The molecule has 0 aromatic heterocycles. The zero-order valence-electron chi connectivity index (χ0n) is 12.3. The molecule has 0 spiro atoms. The molecule has 0 aliphatic heterocycles. The summed E-state index contributed by atoms with van der Waals surface area (Å²) in [6, 6.07) is 5.10. The van der Waals surface area contributed by atoms with Gasteiger partial charge in [0.15, 0.2) is 0 Å². The molecule has 1 aromatic carbocycles. The molecule has 0 radical (unpaired) electrons. The van der Waals surface area contributed by atoms with Crippen molar-refractivity contribution in [3.8, 4) is 0 Å². The van der Waals surface area contributed by atoms with Crippen LogP contribution in [0.3, 0.4) is 0 Å². The van der Waals surface area contributed by atoms with Crippen molar-refractivity contribution in [1.82, 2.24) is 10.2 Å². The molecule has 120 valence electrons. The Morgan fingerprint density at radius 3 is 2.55 bits per heavy atom. The molecule has 22 heavy (non-hydrogen) atoms. The van der Waals surface area contributed by atoms with Crippen molar-refractivity contribution in [1.29, 1.82) is 0 Å². The second-order valence-corrected chi connectivity index (χ2v) is 5.48. The molecule has 2 atom stereocenters. The van der Waals surface area contributed by atoms with Crippen LogP contribution in [-0.4, -0.2) is 36.3 Å². The molecule has 1 aliphatic carbocycles.